The van der Waals surface area contributed by atoms with Gasteiger partial charge in [0.15, 0.2) is 6.10 Å². The van der Waals surface area contributed by atoms with Gasteiger partial charge in [-0.2, -0.15) is 0 Å². The Morgan fingerprint density at radius 3 is 2.55 bits per heavy atom. The maximum absolute atomic E-state index is 11.6. The number of carbonyl (C=O) groups is 1. The Hall–Kier alpha value is -3.06. The zero-order valence-electron chi connectivity index (χ0n) is 19.8. The third-order valence-corrected chi connectivity index (χ3v) is 6.03. The van der Waals surface area contributed by atoms with Crippen molar-refractivity contribution in [3.8, 4) is 27.8 Å². The van der Waals surface area contributed by atoms with Gasteiger partial charge in [-0.15, -0.1) is 11.3 Å². The molecule has 3 rings (SSSR count). The lowest BCUT2D eigenvalue weighted by atomic mass is 10.1. The Balaban J connectivity index is 1.55. The van der Waals surface area contributed by atoms with E-state index in [9.17, 15) is 4.79 Å². The molecule has 7 heteroatoms. The average molecular weight is 470 g/mol. The Morgan fingerprint density at radius 2 is 1.88 bits per heavy atom. The molecule has 33 heavy (non-hydrogen) atoms. The van der Waals surface area contributed by atoms with Crippen molar-refractivity contribution in [1.82, 2.24) is 4.98 Å². The number of carbonyl (C=O) groups excluding carboxylic acids is 1. The summed E-state index contributed by atoms with van der Waals surface area (Å²) in [6.07, 6.45) is 2.81. The number of hydrogen-bond acceptors (Lipinski definition) is 7. The van der Waals surface area contributed by atoms with E-state index in [1.54, 1.807) is 24.3 Å². The molecule has 3 aromatic rings. The predicted octanol–water partition coefficient (Wildman–Crippen LogP) is 5.86. The van der Waals surface area contributed by atoms with Crippen molar-refractivity contribution in [2.45, 2.75) is 52.7 Å². The van der Waals surface area contributed by atoms with Gasteiger partial charge < -0.3 is 18.9 Å². The molecule has 1 heterocycles. The van der Waals surface area contributed by atoms with E-state index in [2.05, 4.69) is 24.0 Å². The number of aromatic nitrogens is 1. The van der Waals surface area contributed by atoms with Crippen LogP contribution in [0.5, 0.6) is 17.2 Å². The molecule has 0 spiro atoms. The van der Waals surface area contributed by atoms with Crippen molar-refractivity contribution in [3.63, 3.8) is 0 Å². The highest BCUT2D eigenvalue weighted by molar-refractivity contribution is 7.13. The summed E-state index contributed by atoms with van der Waals surface area (Å²) in [5.74, 6) is 1.80. The molecule has 176 valence electrons. The lowest BCUT2D eigenvalue weighted by Crippen LogP contribution is -2.25. The van der Waals surface area contributed by atoms with Crippen LogP contribution in [0.25, 0.3) is 10.6 Å². The number of ether oxygens (including phenoxy) is 4. The summed E-state index contributed by atoms with van der Waals surface area (Å²) in [4.78, 5) is 16.0. The van der Waals surface area contributed by atoms with Gasteiger partial charge in [-0.05, 0) is 68.7 Å². The molecule has 0 bridgehead atoms. The first-order valence-electron chi connectivity index (χ1n) is 11.1. The second-order valence-corrected chi connectivity index (χ2v) is 8.69. The maximum atomic E-state index is 11.6. The first-order chi connectivity index (χ1) is 15.9. The Morgan fingerprint density at radius 1 is 1.09 bits per heavy atom. The highest BCUT2D eigenvalue weighted by Crippen LogP contribution is 2.33. The molecule has 0 saturated heterocycles. The van der Waals surface area contributed by atoms with Crippen molar-refractivity contribution in [1.29, 1.82) is 0 Å². The SMILES string of the molecule is CCc1ccc(O[C@@H](C)CCOc2ccc(OC(C)C(=O)OC)c(C)c2)c(-c2nccs2)c1. The molecule has 0 radical (unpaired) electrons. The Bertz CT molecular complexity index is 1050. The topological polar surface area (TPSA) is 66.9 Å². The van der Waals surface area contributed by atoms with E-state index in [0.717, 1.165) is 40.5 Å². The van der Waals surface area contributed by atoms with E-state index in [-0.39, 0.29) is 6.10 Å². The lowest BCUT2D eigenvalue weighted by Gasteiger charge is -2.18. The van der Waals surface area contributed by atoms with E-state index in [1.165, 1.54) is 12.7 Å². The summed E-state index contributed by atoms with van der Waals surface area (Å²) < 4.78 is 22.5. The molecule has 0 N–H and O–H groups in total. The molecule has 2 aromatic carbocycles. The molecule has 0 saturated carbocycles. The van der Waals surface area contributed by atoms with Gasteiger partial charge in [-0.1, -0.05) is 13.0 Å². The molecule has 0 amide bonds. The molecule has 2 atom stereocenters. The van der Waals surface area contributed by atoms with Crippen molar-refractivity contribution in [3.05, 3.63) is 59.1 Å². The van der Waals surface area contributed by atoms with Gasteiger partial charge >= 0.3 is 5.97 Å². The van der Waals surface area contributed by atoms with E-state index in [0.29, 0.717) is 12.4 Å². The van der Waals surface area contributed by atoms with Crippen LogP contribution in [-0.4, -0.2) is 36.9 Å². The minimum atomic E-state index is -0.667. The number of thiazole rings is 1. The summed E-state index contributed by atoms with van der Waals surface area (Å²) in [5.41, 5.74) is 3.17. The number of esters is 1. The lowest BCUT2D eigenvalue weighted by molar-refractivity contribution is -0.147. The van der Waals surface area contributed by atoms with Crippen LogP contribution in [0.2, 0.25) is 0 Å². The molecule has 1 aromatic heterocycles. The fourth-order valence-electron chi connectivity index (χ4n) is 3.29. The third kappa shape index (κ3) is 6.71. The summed E-state index contributed by atoms with van der Waals surface area (Å²) in [7, 11) is 1.34. The van der Waals surface area contributed by atoms with Crippen LogP contribution in [0.1, 0.15) is 38.3 Å². The van der Waals surface area contributed by atoms with Gasteiger partial charge in [0.05, 0.1) is 25.4 Å². The van der Waals surface area contributed by atoms with Crippen LogP contribution >= 0.6 is 11.3 Å². The first-order valence-corrected chi connectivity index (χ1v) is 12.0. The fraction of sp³-hybridized carbons (Fsp3) is 0.385. The quantitative estimate of drug-likeness (QED) is 0.328. The van der Waals surface area contributed by atoms with E-state index in [1.807, 2.05) is 43.6 Å². The summed E-state index contributed by atoms with van der Waals surface area (Å²) >= 11 is 1.61. The largest absolute Gasteiger partial charge is 0.493 e. The highest BCUT2D eigenvalue weighted by Gasteiger charge is 2.16. The van der Waals surface area contributed by atoms with Crippen molar-refractivity contribution in [2.75, 3.05) is 13.7 Å². The van der Waals surface area contributed by atoms with Gasteiger partial charge in [-0.3, -0.25) is 0 Å². The molecule has 0 fully saturated rings. The Kier molecular flexibility index (Phi) is 8.72. The van der Waals surface area contributed by atoms with Gasteiger partial charge in [0.2, 0.25) is 0 Å². The monoisotopic (exact) mass is 469 g/mol. The molecule has 1 unspecified atom stereocenters. The standard InChI is InChI=1S/C26H31NO5S/c1-6-20-7-9-24(22(16-20)25-27-12-14-33-25)31-18(3)11-13-30-21-8-10-23(17(2)15-21)32-19(4)26(28)29-5/h7-10,12,14-16,18-19H,6,11,13H2,1-5H3/t18-,19?/m0/s1. The predicted molar refractivity (Wildman–Crippen MR) is 130 cm³/mol. The zero-order valence-corrected chi connectivity index (χ0v) is 20.6. The normalized spacial score (nSPS) is 12.6. The number of benzene rings is 2. The number of nitrogens with zero attached hydrogens (tertiary/aromatic N) is 1. The minimum absolute atomic E-state index is 0.0270. The number of rotatable bonds is 11. The molecule has 6 nitrogen and oxygen atoms in total. The second-order valence-electron chi connectivity index (χ2n) is 7.80. The van der Waals surface area contributed by atoms with Crippen LogP contribution in [-0.2, 0) is 16.0 Å². The molecule has 0 aliphatic rings. The van der Waals surface area contributed by atoms with Crippen molar-refractivity contribution in [2.24, 2.45) is 0 Å². The highest BCUT2D eigenvalue weighted by atomic mass is 32.1. The van der Waals surface area contributed by atoms with E-state index >= 15 is 0 Å². The van der Waals surface area contributed by atoms with E-state index in [4.69, 9.17) is 18.9 Å². The van der Waals surface area contributed by atoms with Crippen molar-refractivity contribution < 1.29 is 23.7 Å². The van der Waals surface area contributed by atoms with Gasteiger partial charge in [-0.25, -0.2) is 9.78 Å². The summed E-state index contributed by atoms with van der Waals surface area (Å²) in [6, 6.07) is 11.8. The maximum Gasteiger partial charge on any atom is 0.346 e. The smallest absolute Gasteiger partial charge is 0.346 e. The van der Waals surface area contributed by atoms with Crippen LogP contribution in [0, 0.1) is 6.92 Å². The van der Waals surface area contributed by atoms with Gasteiger partial charge in [0.1, 0.15) is 22.3 Å². The first kappa shape index (κ1) is 24.6. The average Bonchev–Trinajstić information content (AvgIpc) is 3.35. The number of aryl methyl sites for hydroxylation is 2. The van der Waals surface area contributed by atoms with Crippen LogP contribution in [0.15, 0.2) is 48.0 Å². The summed E-state index contributed by atoms with van der Waals surface area (Å²) in [5, 5.41) is 2.94. The number of hydrogen-bond donors (Lipinski definition) is 0. The Labute approximate surface area is 199 Å². The van der Waals surface area contributed by atoms with Crippen molar-refractivity contribution >= 4 is 17.3 Å². The van der Waals surface area contributed by atoms with Gasteiger partial charge in [0, 0.05) is 18.0 Å². The third-order valence-electron chi connectivity index (χ3n) is 5.22. The van der Waals surface area contributed by atoms with Crippen LogP contribution in [0.3, 0.4) is 0 Å². The minimum Gasteiger partial charge on any atom is -0.493 e. The summed E-state index contributed by atoms with van der Waals surface area (Å²) in [6.45, 7) is 8.27. The van der Waals surface area contributed by atoms with Crippen LogP contribution in [0.4, 0.5) is 0 Å². The molecular weight excluding hydrogens is 438 g/mol. The molecule has 0 aliphatic heterocycles. The molecule has 0 aliphatic carbocycles. The van der Waals surface area contributed by atoms with Gasteiger partial charge in [0.25, 0.3) is 0 Å². The van der Waals surface area contributed by atoms with E-state index < -0.39 is 12.1 Å². The molecular formula is C26H31NO5S. The zero-order chi connectivity index (χ0) is 23.8. The second kappa shape index (κ2) is 11.7. The number of methoxy groups -OCH3 is 1. The fourth-order valence-corrected chi connectivity index (χ4v) is 3.95. The van der Waals surface area contributed by atoms with Crippen LogP contribution < -0.4 is 14.2 Å².